The van der Waals surface area contributed by atoms with E-state index in [-0.39, 0.29) is 0 Å². The maximum Gasteiger partial charge on any atom is 0.191 e. The molecule has 0 aliphatic heterocycles. The highest BCUT2D eigenvalue weighted by atomic mass is 32.1. The molecule has 0 amide bonds. The first kappa shape index (κ1) is 14.0. The molecule has 0 fully saturated rings. The molecule has 0 unspecified atom stereocenters. The van der Waals surface area contributed by atoms with E-state index >= 15 is 0 Å². The van der Waals surface area contributed by atoms with Crippen molar-refractivity contribution >= 4 is 17.3 Å². The van der Waals surface area contributed by atoms with Gasteiger partial charge in [0.15, 0.2) is 5.96 Å². The van der Waals surface area contributed by atoms with Gasteiger partial charge in [-0.3, -0.25) is 4.99 Å². The van der Waals surface area contributed by atoms with Crippen LogP contribution in [0.3, 0.4) is 0 Å². The van der Waals surface area contributed by atoms with Crippen LogP contribution < -0.4 is 10.6 Å². The van der Waals surface area contributed by atoms with Gasteiger partial charge in [-0.1, -0.05) is 19.9 Å². The zero-order valence-electron chi connectivity index (χ0n) is 11.0. The molecule has 1 heterocycles. The van der Waals surface area contributed by atoms with Gasteiger partial charge >= 0.3 is 0 Å². The molecule has 17 heavy (non-hydrogen) atoms. The van der Waals surface area contributed by atoms with Crippen molar-refractivity contribution in [2.75, 3.05) is 13.6 Å². The van der Waals surface area contributed by atoms with Gasteiger partial charge in [-0.2, -0.15) is 0 Å². The summed E-state index contributed by atoms with van der Waals surface area (Å²) in [7, 11) is 1.81. The Balaban J connectivity index is 2.16. The third kappa shape index (κ3) is 6.31. The van der Waals surface area contributed by atoms with Crippen LogP contribution in [0, 0.1) is 5.92 Å². The Morgan fingerprint density at radius 1 is 1.41 bits per heavy atom. The van der Waals surface area contributed by atoms with Crippen molar-refractivity contribution in [1.82, 2.24) is 10.6 Å². The Kier molecular flexibility index (Phi) is 6.70. The largest absolute Gasteiger partial charge is 0.356 e. The summed E-state index contributed by atoms with van der Waals surface area (Å²) in [6.07, 6.45) is 2.45. The summed E-state index contributed by atoms with van der Waals surface area (Å²) in [5.74, 6) is 1.67. The quantitative estimate of drug-likeness (QED) is 0.465. The SMILES string of the molecule is CN=C(NCCCC(C)C)NCc1cccs1. The number of thiophene rings is 1. The van der Waals surface area contributed by atoms with Crippen molar-refractivity contribution in [1.29, 1.82) is 0 Å². The number of hydrogen-bond donors (Lipinski definition) is 2. The zero-order chi connectivity index (χ0) is 12.5. The third-order valence-corrected chi connectivity index (χ3v) is 3.36. The minimum atomic E-state index is 0.776. The van der Waals surface area contributed by atoms with Crippen molar-refractivity contribution in [3.05, 3.63) is 22.4 Å². The fraction of sp³-hybridized carbons (Fsp3) is 0.615. The molecule has 0 radical (unpaired) electrons. The first-order valence-corrected chi connectivity index (χ1v) is 7.07. The Labute approximate surface area is 108 Å². The van der Waals surface area contributed by atoms with Crippen LogP contribution in [0.25, 0.3) is 0 Å². The number of hydrogen-bond acceptors (Lipinski definition) is 2. The Morgan fingerprint density at radius 3 is 2.82 bits per heavy atom. The molecule has 1 rings (SSSR count). The molecule has 0 bridgehead atoms. The highest BCUT2D eigenvalue weighted by Gasteiger charge is 1.99. The van der Waals surface area contributed by atoms with E-state index in [1.165, 1.54) is 17.7 Å². The van der Waals surface area contributed by atoms with Gasteiger partial charge in [0.2, 0.25) is 0 Å². The second-order valence-electron chi connectivity index (χ2n) is 4.47. The lowest BCUT2D eigenvalue weighted by molar-refractivity contribution is 0.549. The molecule has 0 saturated heterocycles. The Bertz CT molecular complexity index is 317. The standard InChI is InChI=1S/C13H23N3S/c1-11(2)6-4-8-15-13(14-3)16-10-12-7-5-9-17-12/h5,7,9,11H,4,6,8,10H2,1-3H3,(H2,14,15,16). The van der Waals surface area contributed by atoms with Crippen molar-refractivity contribution in [2.24, 2.45) is 10.9 Å². The van der Waals surface area contributed by atoms with Gasteiger partial charge < -0.3 is 10.6 Å². The number of nitrogens with zero attached hydrogens (tertiary/aromatic N) is 1. The molecule has 1 aromatic rings. The van der Waals surface area contributed by atoms with Crippen molar-refractivity contribution in [3.8, 4) is 0 Å². The summed E-state index contributed by atoms with van der Waals surface area (Å²) in [5.41, 5.74) is 0. The first-order valence-electron chi connectivity index (χ1n) is 6.19. The molecular weight excluding hydrogens is 230 g/mol. The second kappa shape index (κ2) is 8.12. The average molecular weight is 253 g/mol. The summed E-state index contributed by atoms with van der Waals surface area (Å²) in [6.45, 7) is 6.34. The Morgan fingerprint density at radius 2 is 2.24 bits per heavy atom. The average Bonchev–Trinajstić information content (AvgIpc) is 2.81. The lowest BCUT2D eigenvalue weighted by atomic mass is 10.1. The predicted octanol–water partition coefficient (Wildman–Crippen LogP) is 2.85. The molecule has 4 heteroatoms. The number of aliphatic imine (C=N–C) groups is 1. The fourth-order valence-corrected chi connectivity index (χ4v) is 2.17. The van der Waals surface area contributed by atoms with Gasteiger partial charge in [0.05, 0.1) is 6.54 Å². The molecule has 0 aliphatic carbocycles. The van der Waals surface area contributed by atoms with Crippen molar-refractivity contribution in [3.63, 3.8) is 0 Å². The smallest absolute Gasteiger partial charge is 0.191 e. The lowest BCUT2D eigenvalue weighted by Crippen LogP contribution is -2.37. The van der Waals surface area contributed by atoms with Crippen LogP contribution in [-0.2, 0) is 6.54 Å². The topological polar surface area (TPSA) is 36.4 Å². The molecule has 0 spiro atoms. The minimum Gasteiger partial charge on any atom is -0.356 e. The first-order chi connectivity index (χ1) is 8.22. The summed E-state index contributed by atoms with van der Waals surface area (Å²) in [4.78, 5) is 5.53. The number of rotatable bonds is 6. The van der Waals surface area contributed by atoms with Gasteiger partial charge in [0.25, 0.3) is 0 Å². The summed E-state index contributed by atoms with van der Waals surface area (Å²) >= 11 is 1.76. The second-order valence-corrected chi connectivity index (χ2v) is 5.50. The van der Waals surface area contributed by atoms with E-state index in [0.717, 1.165) is 25.0 Å². The highest BCUT2D eigenvalue weighted by Crippen LogP contribution is 2.07. The van der Waals surface area contributed by atoms with Crippen LogP contribution in [-0.4, -0.2) is 19.6 Å². The molecule has 0 aromatic carbocycles. The Hall–Kier alpha value is -1.03. The number of nitrogens with one attached hydrogen (secondary N) is 2. The van der Waals surface area contributed by atoms with Gasteiger partial charge in [-0.05, 0) is 30.2 Å². The zero-order valence-corrected chi connectivity index (χ0v) is 11.8. The molecule has 0 aliphatic rings. The molecule has 96 valence electrons. The van der Waals surface area contributed by atoms with Crippen LogP contribution in [0.5, 0.6) is 0 Å². The molecule has 0 atom stereocenters. The van der Waals surface area contributed by atoms with Crippen LogP contribution in [0.15, 0.2) is 22.5 Å². The van der Waals surface area contributed by atoms with Crippen LogP contribution in [0.1, 0.15) is 31.6 Å². The molecular formula is C13H23N3S. The predicted molar refractivity (Wildman–Crippen MR) is 76.6 cm³/mol. The van der Waals surface area contributed by atoms with Gasteiger partial charge in [-0.15, -0.1) is 11.3 Å². The van der Waals surface area contributed by atoms with Crippen molar-refractivity contribution < 1.29 is 0 Å². The maximum atomic E-state index is 4.20. The summed E-state index contributed by atoms with van der Waals surface area (Å²) in [5, 5.41) is 8.73. The third-order valence-electron chi connectivity index (χ3n) is 2.48. The molecule has 1 aromatic heterocycles. The maximum absolute atomic E-state index is 4.20. The summed E-state index contributed by atoms with van der Waals surface area (Å²) < 4.78 is 0. The van der Waals surface area contributed by atoms with Crippen LogP contribution in [0.2, 0.25) is 0 Å². The summed E-state index contributed by atoms with van der Waals surface area (Å²) in [6, 6.07) is 4.20. The normalized spacial score (nSPS) is 11.9. The van der Waals surface area contributed by atoms with E-state index in [0.29, 0.717) is 0 Å². The van der Waals surface area contributed by atoms with E-state index in [1.807, 2.05) is 7.05 Å². The lowest BCUT2D eigenvalue weighted by Gasteiger charge is -2.11. The van der Waals surface area contributed by atoms with E-state index in [1.54, 1.807) is 11.3 Å². The van der Waals surface area contributed by atoms with E-state index in [4.69, 9.17) is 0 Å². The molecule has 0 saturated carbocycles. The molecule has 3 nitrogen and oxygen atoms in total. The van der Waals surface area contributed by atoms with E-state index < -0.39 is 0 Å². The van der Waals surface area contributed by atoms with Crippen LogP contribution >= 0.6 is 11.3 Å². The van der Waals surface area contributed by atoms with Crippen molar-refractivity contribution in [2.45, 2.75) is 33.2 Å². The van der Waals surface area contributed by atoms with E-state index in [2.05, 4.69) is 47.0 Å². The van der Waals surface area contributed by atoms with Gasteiger partial charge in [-0.25, -0.2) is 0 Å². The highest BCUT2D eigenvalue weighted by molar-refractivity contribution is 7.09. The number of guanidine groups is 1. The monoisotopic (exact) mass is 253 g/mol. The fourth-order valence-electron chi connectivity index (χ4n) is 1.52. The molecule has 2 N–H and O–H groups in total. The van der Waals surface area contributed by atoms with E-state index in [9.17, 15) is 0 Å². The van der Waals surface area contributed by atoms with Crippen LogP contribution in [0.4, 0.5) is 0 Å². The minimum absolute atomic E-state index is 0.776. The van der Waals surface area contributed by atoms with Gasteiger partial charge in [0.1, 0.15) is 0 Å². The van der Waals surface area contributed by atoms with Gasteiger partial charge in [0, 0.05) is 18.5 Å².